The number of rotatable bonds is 6. The number of carbonyl (C=O) groups is 2. The van der Waals surface area contributed by atoms with Crippen LogP contribution >= 0.6 is 0 Å². The molecule has 0 aliphatic rings. The van der Waals surface area contributed by atoms with Crippen molar-refractivity contribution in [2.45, 2.75) is 13.3 Å². The maximum absolute atomic E-state index is 13.2. The molecular formula is C13H16F2N2O4. The molecule has 0 spiro atoms. The molecule has 0 unspecified atom stereocenters. The zero-order valence-electron chi connectivity index (χ0n) is 11.4. The molecule has 0 heterocycles. The third-order valence-corrected chi connectivity index (χ3v) is 2.68. The predicted molar refractivity (Wildman–Crippen MR) is 71.3 cm³/mol. The lowest BCUT2D eigenvalue weighted by atomic mass is 10.1. The molecular weight excluding hydrogens is 286 g/mol. The van der Waals surface area contributed by atoms with Gasteiger partial charge in [-0.2, -0.15) is 0 Å². The largest absolute Gasteiger partial charge is 0.478 e. The van der Waals surface area contributed by atoms with Gasteiger partial charge in [-0.3, -0.25) is 0 Å². The number of amides is 2. The number of carboxylic acid groups (broad SMARTS) is 1. The number of hydrogen-bond acceptors (Lipinski definition) is 3. The maximum Gasteiger partial charge on any atom is 0.337 e. The van der Waals surface area contributed by atoms with Gasteiger partial charge in [-0.25, -0.2) is 18.4 Å². The Hall–Kier alpha value is -2.22. The number of nitrogens with one attached hydrogen (secondary N) is 1. The molecule has 8 heteroatoms. The van der Waals surface area contributed by atoms with Crippen molar-refractivity contribution in [1.82, 2.24) is 4.90 Å². The highest BCUT2D eigenvalue weighted by Crippen LogP contribution is 2.20. The van der Waals surface area contributed by atoms with Crippen molar-refractivity contribution in [3.8, 4) is 0 Å². The zero-order chi connectivity index (χ0) is 16.0. The molecule has 3 N–H and O–H groups in total. The lowest BCUT2D eigenvalue weighted by Crippen LogP contribution is -2.38. The van der Waals surface area contributed by atoms with E-state index in [9.17, 15) is 18.4 Å². The van der Waals surface area contributed by atoms with Crippen molar-refractivity contribution in [1.29, 1.82) is 0 Å². The van der Waals surface area contributed by atoms with Gasteiger partial charge in [-0.05, 0) is 12.5 Å². The van der Waals surface area contributed by atoms with Gasteiger partial charge >= 0.3 is 12.0 Å². The normalized spacial score (nSPS) is 10.3. The highest BCUT2D eigenvalue weighted by atomic mass is 19.2. The number of aliphatic hydroxyl groups excluding tert-OH is 1. The number of urea groups is 1. The molecule has 0 saturated heterocycles. The minimum atomic E-state index is -1.49. The van der Waals surface area contributed by atoms with Gasteiger partial charge in [0.1, 0.15) is 0 Å². The monoisotopic (exact) mass is 302 g/mol. The summed E-state index contributed by atoms with van der Waals surface area (Å²) in [5.41, 5.74) is -0.895. The van der Waals surface area contributed by atoms with Crippen LogP contribution in [-0.4, -0.2) is 46.8 Å². The Morgan fingerprint density at radius 1 is 1.24 bits per heavy atom. The van der Waals surface area contributed by atoms with Crippen molar-refractivity contribution < 1.29 is 28.6 Å². The van der Waals surface area contributed by atoms with Crippen LogP contribution in [0.3, 0.4) is 0 Å². The summed E-state index contributed by atoms with van der Waals surface area (Å²) in [7, 11) is 0. The van der Waals surface area contributed by atoms with E-state index in [4.69, 9.17) is 10.2 Å². The second-order valence-electron chi connectivity index (χ2n) is 4.26. The van der Waals surface area contributed by atoms with E-state index in [1.165, 1.54) is 4.90 Å². The molecule has 0 fully saturated rings. The first-order chi connectivity index (χ1) is 9.90. The highest BCUT2D eigenvalue weighted by Gasteiger charge is 2.19. The van der Waals surface area contributed by atoms with Gasteiger partial charge < -0.3 is 20.4 Å². The van der Waals surface area contributed by atoms with Crippen LogP contribution in [0.4, 0.5) is 19.3 Å². The number of carboxylic acids is 1. The molecule has 6 nitrogen and oxygen atoms in total. The van der Waals surface area contributed by atoms with Crippen molar-refractivity contribution in [3.05, 3.63) is 29.3 Å². The fourth-order valence-electron chi connectivity index (χ4n) is 1.73. The van der Waals surface area contributed by atoms with E-state index in [2.05, 4.69) is 5.32 Å². The minimum absolute atomic E-state index is 0.0474. The summed E-state index contributed by atoms with van der Waals surface area (Å²) in [5.74, 6) is -4.07. The average Bonchev–Trinajstić information content (AvgIpc) is 2.42. The molecule has 0 aliphatic heterocycles. The molecule has 0 atom stereocenters. The predicted octanol–water partition coefficient (Wildman–Crippen LogP) is 1.90. The number of carbonyl (C=O) groups excluding carboxylic acids is 1. The second kappa shape index (κ2) is 7.53. The second-order valence-corrected chi connectivity index (χ2v) is 4.26. The molecule has 1 aromatic rings. The van der Waals surface area contributed by atoms with Crippen LogP contribution in [0, 0.1) is 11.6 Å². The summed E-state index contributed by atoms with van der Waals surface area (Å²) in [4.78, 5) is 24.2. The lowest BCUT2D eigenvalue weighted by Gasteiger charge is -2.22. The molecule has 2 amide bonds. The van der Waals surface area contributed by atoms with Crippen molar-refractivity contribution in [3.63, 3.8) is 0 Å². The maximum atomic E-state index is 13.2. The molecule has 0 aromatic heterocycles. The Labute approximate surface area is 120 Å². The summed E-state index contributed by atoms with van der Waals surface area (Å²) in [5, 5.41) is 20.0. The Kier molecular flexibility index (Phi) is 6.04. The van der Waals surface area contributed by atoms with E-state index >= 15 is 0 Å². The fraction of sp³-hybridized carbons (Fsp3) is 0.385. The van der Waals surface area contributed by atoms with Gasteiger partial charge in [0.05, 0.1) is 17.9 Å². The van der Waals surface area contributed by atoms with Crippen LogP contribution in [0.1, 0.15) is 23.7 Å². The van der Waals surface area contributed by atoms with Gasteiger partial charge in [0.25, 0.3) is 0 Å². The van der Waals surface area contributed by atoms with Crippen LogP contribution < -0.4 is 5.32 Å². The van der Waals surface area contributed by atoms with Crippen LogP contribution in [0.25, 0.3) is 0 Å². The summed E-state index contributed by atoms with van der Waals surface area (Å²) < 4.78 is 26.3. The molecule has 0 bridgehead atoms. The van der Waals surface area contributed by atoms with Crippen LogP contribution in [0.15, 0.2) is 12.1 Å². The Bertz CT molecular complexity index is 531. The van der Waals surface area contributed by atoms with Crippen LogP contribution in [0.2, 0.25) is 0 Å². The standard InChI is InChI=1S/C13H16F2N2O4/c1-2-3-17(4-5-18)13(21)16-11-7-10(15)9(14)6-8(11)12(19)20/h6-7,18H,2-5H2,1H3,(H,16,21)(H,19,20). The van der Waals surface area contributed by atoms with Crippen molar-refractivity contribution >= 4 is 17.7 Å². The SMILES string of the molecule is CCCN(CCO)C(=O)Nc1cc(F)c(F)cc1C(=O)O. The topological polar surface area (TPSA) is 89.9 Å². The van der Waals surface area contributed by atoms with Crippen molar-refractivity contribution in [2.24, 2.45) is 0 Å². The van der Waals surface area contributed by atoms with Gasteiger partial charge in [0.15, 0.2) is 11.6 Å². The smallest absolute Gasteiger partial charge is 0.337 e. The van der Waals surface area contributed by atoms with Gasteiger partial charge in [-0.1, -0.05) is 6.92 Å². The first-order valence-electron chi connectivity index (χ1n) is 6.29. The number of benzene rings is 1. The molecule has 21 heavy (non-hydrogen) atoms. The molecule has 116 valence electrons. The Morgan fingerprint density at radius 2 is 1.86 bits per heavy atom. The first kappa shape index (κ1) is 16.8. The zero-order valence-corrected chi connectivity index (χ0v) is 11.4. The lowest BCUT2D eigenvalue weighted by molar-refractivity contribution is 0.0697. The summed E-state index contributed by atoms with van der Waals surface area (Å²) in [6, 6.07) is 0.419. The van der Waals surface area contributed by atoms with Gasteiger partial charge in [0, 0.05) is 19.2 Å². The quantitative estimate of drug-likeness (QED) is 0.748. The molecule has 1 aromatic carbocycles. The van der Waals surface area contributed by atoms with Crippen LogP contribution in [-0.2, 0) is 0 Å². The number of nitrogens with zero attached hydrogens (tertiary/aromatic N) is 1. The Morgan fingerprint density at radius 3 is 2.38 bits per heavy atom. The van der Waals surface area contributed by atoms with E-state index in [1.807, 2.05) is 6.92 Å². The minimum Gasteiger partial charge on any atom is -0.478 e. The highest BCUT2D eigenvalue weighted by molar-refractivity contribution is 6.00. The Balaban J connectivity index is 3.02. The van der Waals surface area contributed by atoms with Crippen LogP contribution in [0.5, 0.6) is 0 Å². The summed E-state index contributed by atoms with van der Waals surface area (Å²) in [6.45, 7) is 1.93. The molecule has 0 aliphatic carbocycles. The third kappa shape index (κ3) is 4.38. The van der Waals surface area contributed by atoms with E-state index in [0.717, 1.165) is 0 Å². The summed E-state index contributed by atoms with van der Waals surface area (Å²) >= 11 is 0. The van der Waals surface area contributed by atoms with E-state index in [-0.39, 0.29) is 18.8 Å². The number of halogens is 2. The number of aromatic carboxylic acids is 1. The van der Waals surface area contributed by atoms with E-state index in [0.29, 0.717) is 25.1 Å². The molecule has 0 saturated carbocycles. The van der Waals surface area contributed by atoms with Gasteiger partial charge in [-0.15, -0.1) is 0 Å². The number of aliphatic hydroxyl groups is 1. The number of anilines is 1. The summed E-state index contributed by atoms with van der Waals surface area (Å²) in [6.07, 6.45) is 0.622. The fourth-order valence-corrected chi connectivity index (χ4v) is 1.73. The number of hydrogen-bond donors (Lipinski definition) is 3. The van der Waals surface area contributed by atoms with Gasteiger partial charge in [0.2, 0.25) is 0 Å². The molecule has 1 rings (SSSR count). The van der Waals surface area contributed by atoms with E-state index < -0.39 is 29.2 Å². The van der Waals surface area contributed by atoms with E-state index in [1.54, 1.807) is 0 Å². The average molecular weight is 302 g/mol. The third-order valence-electron chi connectivity index (χ3n) is 2.68. The van der Waals surface area contributed by atoms with Crippen molar-refractivity contribution in [2.75, 3.05) is 25.0 Å². The molecule has 0 radical (unpaired) electrons. The first-order valence-corrected chi connectivity index (χ1v) is 6.29.